The monoisotopic (exact) mass is 274 g/mol. The van der Waals surface area contributed by atoms with E-state index in [2.05, 4.69) is 0 Å². The van der Waals surface area contributed by atoms with Crippen LogP contribution in [0.1, 0.15) is 19.8 Å². The van der Waals surface area contributed by atoms with Gasteiger partial charge < -0.3 is 25.1 Å². The maximum atomic E-state index is 12.3. The van der Waals surface area contributed by atoms with Gasteiger partial charge in [-0.2, -0.15) is 0 Å². The number of carbonyl (C=O) groups excluding carboxylic acids is 1. The molecule has 7 nitrogen and oxygen atoms in total. The van der Waals surface area contributed by atoms with Gasteiger partial charge in [-0.05, 0) is 18.8 Å². The summed E-state index contributed by atoms with van der Waals surface area (Å²) in [5.74, 6) is -0.734. The molecule has 1 heterocycles. The first kappa shape index (κ1) is 15.7. The van der Waals surface area contributed by atoms with Crippen LogP contribution in [0.4, 0.5) is 4.79 Å². The quantitative estimate of drug-likeness (QED) is 0.632. The van der Waals surface area contributed by atoms with Crippen molar-refractivity contribution in [2.24, 2.45) is 5.92 Å². The van der Waals surface area contributed by atoms with E-state index in [1.807, 2.05) is 6.92 Å². The van der Waals surface area contributed by atoms with Crippen LogP contribution in [0.5, 0.6) is 0 Å². The molecule has 1 rings (SSSR count). The summed E-state index contributed by atoms with van der Waals surface area (Å²) in [5, 5.41) is 27.0. The molecule has 2 unspecified atom stereocenters. The molecule has 2 atom stereocenters. The van der Waals surface area contributed by atoms with Gasteiger partial charge in [-0.1, -0.05) is 6.92 Å². The number of likely N-dealkylation sites (tertiary alicyclic amines) is 1. The molecule has 19 heavy (non-hydrogen) atoms. The Morgan fingerprint density at radius 2 is 1.84 bits per heavy atom. The number of aliphatic hydroxyl groups is 2. The van der Waals surface area contributed by atoms with E-state index in [0.29, 0.717) is 13.0 Å². The molecule has 110 valence electrons. The highest BCUT2D eigenvalue weighted by molar-refractivity contribution is 5.83. The summed E-state index contributed by atoms with van der Waals surface area (Å²) in [6.45, 7) is 2.12. The highest BCUT2D eigenvalue weighted by Gasteiger charge is 2.36. The van der Waals surface area contributed by atoms with Crippen molar-refractivity contribution < 1.29 is 24.9 Å². The van der Waals surface area contributed by atoms with Crippen molar-refractivity contribution >= 4 is 12.0 Å². The summed E-state index contributed by atoms with van der Waals surface area (Å²) in [4.78, 5) is 26.1. The standard InChI is InChI=1S/C12H22N2O5/c1-9-2-3-14(10(8-9)11(17)18)12(19)13(4-6-15)5-7-16/h9-10,15-16H,2-8H2,1H3,(H,17,18). The van der Waals surface area contributed by atoms with Gasteiger partial charge in [-0.25, -0.2) is 9.59 Å². The Balaban J connectivity index is 2.78. The van der Waals surface area contributed by atoms with E-state index < -0.39 is 18.0 Å². The second-order valence-corrected chi connectivity index (χ2v) is 4.89. The fraction of sp³-hybridized carbons (Fsp3) is 0.833. The SMILES string of the molecule is CC1CCN(C(=O)N(CCO)CCO)C(C(=O)O)C1. The number of carboxylic acid groups (broad SMARTS) is 1. The minimum atomic E-state index is -1.01. The van der Waals surface area contributed by atoms with Gasteiger partial charge in [-0.3, -0.25) is 0 Å². The van der Waals surface area contributed by atoms with E-state index >= 15 is 0 Å². The Morgan fingerprint density at radius 3 is 2.32 bits per heavy atom. The van der Waals surface area contributed by atoms with Crippen LogP contribution in [0.2, 0.25) is 0 Å². The normalized spacial score (nSPS) is 23.2. The fourth-order valence-corrected chi connectivity index (χ4v) is 2.33. The van der Waals surface area contributed by atoms with E-state index in [1.165, 1.54) is 9.80 Å². The molecule has 0 bridgehead atoms. The van der Waals surface area contributed by atoms with Gasteiger partial charge >= 0.3 is 12.0 Å². The highest BCUT2D eigenvalue weighted by atomic mass is 16.4. The summed E-state index contributed by atoms with van der Waals surface area (Å²) < 4.78 is 0. The number of urea groups is 1. The Labute approximate surface area is 112 Å². The van der Waals surface area contributed by atoms with Gasteiger partial charge in [0.15, 0.2) is 0 Å². The number of amides is 2. The van der Waals surface area contributed by atoms with Crippen molar-refractivity contribution in [1.29, 1.82) is 0 Å². The zero-order chi connectivity index (χ0) is 14.4. The van der Waals surface area contributed by atoms with Crippen LogP contribution in [0.25, 0.3) is 0 Å². The Hall–Kier alpha value is -1.34. The summed E-state index contributed by atoms with van der Waals surface area (Å²) >= 11 is 0. The number of hydrogen-bond donors (Lipinski definition) is 3. The summed E-state index contributed by atoms with van der Waals surface area (Å²) in [5.41, 5.74) is 0. The predicted octanol–water partition coefficient (Wildman–Crippen LogP) is -0.422. The lowest BCUT2D eigenvalue weighted by Gasteiger charge is -2.38. The molecule has 0 radical (unpaired) electrons. The number of hydrogen-bond acceptors (Lipinski definition) is 4. The highest BCUT2D eigenvalue weighted by Crippen LogP contribution is 2.23. The second kappa shape index (κ2) is 7.30. The van der Waals surface area contributed by atoms with Crippen molar-refractivity contribution in [2.75, 3.05) is 32.8 Å². The molecule has 0 aromatic carbocycles. The summed E-state index contributed by atoms with van der Waals surface area (Å²) in [7, 11) is 0. The van der Waals surface area contributed by atoms with Crippen LogP contribution >= 0.6 is 0 Å². The van der Waals surface area contributed by atoms with E-state index in [1.54, 1.807) is 0 Å². The minimum Gasteiger partial charge on any atom is -0.480 e. The number of aliphatic hydroxyl groups excluding tert-OH is 2. The lowest BCUT2D eigenvalue weighted by molar-refractivity contribution is -0.144. The number of rotatable bonds is 5. The Morgan fingerprint density at radius 1 is 1.26 bits per heavy atom. The molecule has 1 fully saturated rings. The van der Waals surface area contributed by atoms with Crippen LogP contribution in [0, 0.1) is 5.92 Å². The lowest BCUT2D eigenvalue weighted by atomic mass is 9.92. The average molecular weight is 274 g/mol. The summed E-state index contributed by atoms with van der Waals surface area (Å²) in [6, 6.07) is -1.25. The number of nitrogens with zero attached hydrogens (tertiary/aromatic N) is 2. The molecule has 0 aromatic heterocycles. The van der Waals surface area contributed by atoms with Crippen molar-refractivity contribution in [3.8, 4) is 0 Å². The van der Waals surface area contributed by atoms with Gasteiger partial charge in [0.05, 0.1) is 13.2 Å². The van der Waals surface area contributed by atoms with Gasteiger partial charge in [0.2, 0.25) is 0 Å². The maximum absolute atomic E-state index is 12.3. The fourth-order valence-electron chi connectivity index (χ4n) is 2.33. The number of aliphatic carboxylic acids is 1. The van der Waals surface area contributed by atoms with E-state index in [0.717, 1.165) is 6.42 Å². The molecule has 7 heteroatoms. The van der Waals surface area contributed by atoms with E-state index in [4.69, 9.17) is 10.2 Å². The molecule has 0 aliphatic carbocycles. The Bertz CT molecular complexity index is 317. The van der Waals surface area contributed by atoms with Crippen molar-refractivity contribution in [1.82, 2.24) is 9.80 Å². The minimum absolute atomic E-state index is 0.0950. The largest absolute Gasteiger partial charge is 0.480 e. The summed E-state index contributed by atoms with van der Waals surface area (Å²) in [6.07, 6.45) is 1.20. The maximum Gasteiger partial charge on any atom is 0.326 e. The molecule has 3 N–H and O–H groups in total. The molecular weight excluding hydrogens is 252 g/mol. The van der Waals surface area contributed by atoms with Gasteiger partial charge in [0, 0.05) is 19.6 Å². The van der Waals surface area contributed by atoms with Gasteiger partial charge in [-0.15, -0.1) is 0 Å². The van der Waals surface area contributed by atoms with Crippen LogP contribution in [-0.2, 0) is 4.79 Å². The Kier molecular flexibility index (Phi) is 6.04. The van der Waals surface area contributed by atoms with Crippen molar-refractivity contribution in [3.63, 3.8) is 0 Å². The average Bonchev–Trinajstić information content (AvgIpc) is 2.37. The van der Waals surface area contributed by atoms with Gasteiger partial charge in [0.1, 0.15) is 6.04 Å². The number of carboxylic acids is 1. The molecule has 0 aromatic rings. The zero-order valence-electron chi connectivity index (χ0n) is 11.2. The first-order chi connectivity index (χ1) is 9.01. The number of piperidine rings is 1. The van der Waals surface area contributed by atoms with Gasteiger partial charge in [0.25, 0.3) is 0 Å². The van der Waals surface area contributed by atoms with E-state index in [-0.39, 0.29) is 32.2 Å². The van der Waals surface area contributed by atoms with Crippen molar-refractivity contribution in [2.45, 2.75) is 25.8 Å². The predicted molar refractivity (Wildman–Crippen MR) is 67.7 cm³/mol. The number of carbonyl (C=O) groups is 2. The lowest BCUT2D eigenvalue weighted by Crippen LogP contribution is -2.55. The molecule has 1 aliphatic heterocycles. The topological polar surface area (TPSA) is 101 Å². The van der Waals surface area contributed by atoms with Crippen LogP contribution in [0.3, 0.4) is 0 Å². The van der Waals surface area contributed by atoms with E-state index in [9.17, 15) is 14.7 Å². The molecule has 0 saturated carbocycles. The third-order valence-corrected chi connectivity index (χ3v) is 3.41. The second-order valence-electron chi connectivity index (χ2n) is 4.89. The first-order valence-electron chi connectivity index (χ1n) is 6.51. The third-order valence-electron chi connectivity index (χ3n) is 3.41. The van der Waals surface area contributed by atoms with Crippen LogP contribution in [-0.4, -0.2) is 76.0 Å². The molecule has 1 saturated heterocycles. The zero-order valence-corrected chi connectivity index (χ0v) is 11.2. The first-order valence-corrected chi connectivity index (χ1v) is 6.51. The van der Waals surface area contributed by atoms with Crippen LogP contribution < -0.4 is 0 Å². The molecule has 2 amide bonds. The smallest absolute Gasteiger partial charge is 0.326 e. The third kappa shape index (κ3) is 4.07. The molecular formula is C12H22N2O5. The molecule has 0 spiro atoms. The molecule has 1 aliphatic rings. The van der Waals surface area contributed by atoms with Crippen molar-refractivity contribution in [3.05, 3.63) is 0 Å². The van der Waals surface area contributed by atoms with Crippen LogP contribution in [0.15, 0.2) is 0 Å².